The zero-order chi connectivity index (χ0) is 10.1. The second kappa shape index (κ2) is 3.55. The van der Waals surface area contributed by atoms with Crippen LogP contribution in [0.15, 0.2) is 27.7 Å². The van der Waals surface area contributed by atoms with Gasteiger partial charge < -0.3 is 0 Å². The van der Waals surface area contributed by atoms with Crippen LogP contribution in [0.1, 0.15) is 5.82 Å². The highest BCUT2D eigenvalue weighted by molar-refractivity contribution is 9.10. The fourth-order valence-corrected chi connectivity index (χ4v) is 2.32. The molecule has 0 aromatic carbocycles. The average Bonchev–Trinajstić information content (AvgIpc) is 2.09. The van der Waals surface area contributed by atoms with Crippen LogP contribution in [0.25, 0.3) is 0 Å². The molecule has 0 aliphatic heterocycles. The predicted molar refractivity (Wildman–Crippen MR) is 51.9 cm³/mol. The van der Waals surface area contributed by atoms with Crippen LogP contribution in [0.2, 0.25) is 0 Å². The fourth-order valence-electron chi connectivity index (χ4n) is 0.713. The minimum Gasteiger partial charge on any atom is -0.240 e. The van der Waals surface area contributed by atoms with Crippen LogP contribution in [0.3, 0.4) is 0 Å². The Morgan fingerprint density at radius 2 is 2.23 bits per heavy atom. The Morgan fingerprint density at radius 1 is 1.62 bits per heavy atom. The van der Waals surface area contributed by atoms with Crippen molar-refractivity contribution in [2.75, 3.05) is 0 Å². The molecule has 0 amide bonds. The number of hydrogen-bond acceptors (Lipinski definition) is 4. The van der Waals surface area contributed by atoms with Crippen molar-refractivity contribution in [3.05, 3.63) is 28.5 Å². The van der Waals surface area contributed by atoms with E-state index < -0.39 is 9.84 Å². The molecule has 1 aromatic heterocycles. The van der Waals surface area contributed by atoms with Gasteiger partial charge in [-0.2, -0.15) is 0 Å². The molecule has 6 heteroatoms. The third-order valence-corrected chi connectivity index (χ3v) is 3.45. The van der Waals surface area contributed by atoms with Crippen LogP contribution in [0.4, 0.5) is 0 Å². The van der Waals surface area contributed by atoms with E-state index in [1.807, 2.05) is 0 Å². The van der Waals surface area contributed by atoms with Gasteiger partial charge in [-0.1, -0.05) is 6.58 Å². The highest BCUT2D eigenvalue weighted by Crippen LogP contribution is 2.19. The van der Waals surface area contributed by atoms with E-state index in [-0.39, 0.29) is 5.03 Å². The number of nitrogens with zero attached hydrogens (tertiary/aromatic N) is 2. The third kappa shape index (κ3) is 2.13. The zero-order valence-corrected chi connectivity index (χ0v) is 9.26. The van der Waals surface area contributed by atoms with Gasteiger partial charge in [0, 0.05) is 11.6 Å². The molecule has 0 radical (unpaired) electrons. The molecule has 0 saturated heterocycles. The highest BCUT2D eigenvalue weighted by Gasteiger charge is 2.16. The molecule has 1 heterocycles. The molecular formula is C7H7BrN2O2S. The van der Waals surface area contributed by atoms with Gasteiger partial charge in [-0.15, -0.1) is 0 Å². The second-order valence-electron chi connectivity index (χ2n) is 2.28. The van der Waals surface area contributed by atoms with Crippen LogP contribution in [-0.2, 0) is 9.84 Å². The van der Waals surface area contributed by atoms with E-state index in [2.05, 4.69) is 32.5 Å². The van der Waals surface area contributed by atoms with Gasteiger partial charge in [0.05, 0.1) is 4.47 Å². The van der Waals surface area contributed by atoms with Crippen LogP contribution >= 0.6 is 15.9 Å². The highest BCUT2D eigenvalue weighted by atomic mass is 79.9. The lowest BCUT2D eigenvalue weighted by Gasteiger charge is -2.00. The summed E-state index contributed by atoms with van der Waals surface area (Å²) >= 11 is 3.06. The summed E-state index contributed by atoms with van der Waals surface area (Å²) in [4.78, 5) is 7.63. The molecule has 1 rings (SSSR count). The number of halogens is 1. The Hall–Kier alpha value is -0.750. The monoisotopic (exact) mass is 262 g/mol. The molecule has 0 N–H and O–H groups in total. The van der Waals surface area contributed by atoms with Crippen LogP contribution in [0.5, 0.6) is 0 Å². The number of aromatic nitrogens is 2. The minimum absolute atomic E-state index is 0.0463. The van der Waals surface area contributed by atoms with E-state index >= 15 is 0 Å². The Bertz CT molecular complexity index is 442. The van der Waals surface area contributed by atoms with Gasteiger partial charge in [0.15, 0.2) is 5.03 Å². The normalized spacial score (nSPS) is 11.2. The first-order chi connectivity index (χ1) is 5.97. The molecule has 0 aliphatic rings. The molecule has 0 bridgehead atoms. The average molecular weight is 263 g/mol. The van der Waals surface area contributed by atoms with E-state index in [0.29, 0.717) is 10.3 Å². The molecule has 13 heavy (non-hydrogen) atoms. The van der Waals surface area contributed by atoms with Crippen molar-refractivity contribution in [1.29, 1.82) is 0 Å². The lowest BCUT2D eigenvalue weighted by Crippen LogP contribution is -2.03. The van der Waals surface area contributed by atoms with Gasteiger partial charge in [-0.25, -0.2) is 18.4 Å². The smallest absolute Gasteiger partial charge is 0.217 e. The van der Waals surface area contributed by atoms with Crippen molar-refractivity contribution in [2.24, 2.45) is 0 Å². The van der Waals surface area contributed by atoms with Crippen LogP contribution < -0.4 is 0 Å². The van der Waals surface area contributed by atoms with Gasteiger partial charge >= 0.3 is 0 Å². The van der Waals surface area contributed by atoms with Gasteiger partial charge in [-0.05, 0) is 22.9 Å². The van der Waals surface area contributed by atoms with Crippen LogP contribution in [-0.4, -0.2) is 18.4 Å². The summed E-state index contributed by atoms with van der Waals surface area (Å²) in [6.07, 6.45) is 1.40. The molecule has 0 aliphatic carbocycles. The minimum atomic E-state index is -3.49. The van der Waals surface area contributed by atoms with Crippen molar-refractivity contribution in [2.45, 2.75) is 11.9 Å². The lowest BCUT2D eigenvalue weighted by atomic mass is 10.6. The molecule has 0 saturated carbocycles. The standard InChI is InChI=1S/C7H7BrN2O2S/c1-3-13(11,12)7-6(8)4-9-5(2)10-7/h3-4H,1H2,2H3. The third-order valence-electron chi connectivity index (χ3n) is 1.32. The molecule has 4 nitrogen and oxygen atoms in total. The van der Waals surface area contributed by atoms with E-state index in [1.165, 1.54) is 6.20 Å². The Balaban J connectivity index is 3.46. The Morgan fingerprint density at radius 3 is 2.77 bits per heavy atom. The molecule has 1 aromatic rings. The maximum absolute atomic E-state index is 11.3. The molecule has 0 unspecified atom stereocenters. The first-order valence-electron chi connectivity index (χ1n) is 3.34. The summed E-state index contributed by atoms with van der Waals surface area (Å²) in [5.41, 5.74) is 0. The SMILES string of the molecule is C=CS(=O)(=O)c1nc(C)ncc1Br. The van der Waals surface area contributed by atoms with Gasteiger partial charge in [-0.3, -0.25) is 0 Å². The largest absolute Gasteiger partial charge is 0.240 e. The summed E-state index contributed by atoms with van der Waals surface area (Å²) < 4.78 is 23.0. The molecular weight excluding hydrogens is 256 g/mol. The van der Waals surface area contributed by atoms with E-state index in [1.54, 1.807) is 6.92 Å². The summed E-state index contributed by atoms with van der Waals surface area (Å²) in [7, 11) is -3.49. The second-order valence-corrected chi connectivity index (χ2v) is 4.95. The maximum Gasteiger partial charge on any atom is 0.217 e. The maximum atomic E-state index is 11.3. The lowest BCUT2D eigenvalue weighted by molar-refractivity contribution is 0.599. The first kappa shape index (κ1) is 10.3. The molecule has 0 atom stereocenters. The number of hydrogen-bond donors (Lipinski definition) is 0. The number of rotatable bonds is 2. The van der Waals surface area contributed by atoms with Crippen molar-refractivity contribution in [1.82, 2.24) is 9.97 Å². The van der Waals surface area contributed by atoms with Crippen molar-refractivity contribution in [3.63, 3.8) is 0 Å². The van der Waals surface area contributed by atoms with Crippen molar-refractivity contribution >= 4 is 25.8 Å². The topological polar surface area (TPSA) is 59.9 Å². The Labute approximate surface area is 84.8 Å². The van der Waals surface area contributed by atoms with Crippen molar-refractivity contribution < 1.29 is 8.42 Å². The predicted octanol–water partition coefficient (Wildman–Crippen LogP) is 1.46. The van der Waals surface area contributed by atoms with Gasteiger partial charge in [0.25, 0.3) is 0 Å². The van der Waals surface area contributed by atoms with E-state index in [4.69, 9.17) is 0 Å². The quantitative estimate of drug-likeness (QED) is 0.758. The van der Waals surface area contributed by atoms with Gasteiger partial charge in [0.2, 0.25) is 9.84 Å². The fraction of sp³-hybridized carbons (Fsp3) is 0.143. The van der Waals surface area contributed by atoms with Crippen molar-refractivity contribution in [3.8, 4) is 0 Å². The van der Waals surface area contributed by atoms with Gasteiger partial charge in [0.1, 0.15) is 5.82 Å². The van der Waals surface area contributed by atoms with E-state index in [0.717, 1.165) is 5.41 Å². The zero-order valence-electron chi connectivity index (χ0n) is 6.86. The van der Waals surface area contributed by atoms with E-state index in [9.17, 15) is 8.42 Å². The summed E-state index contributed by atoms with van der Waals surface area (Å²) in [6, 6.07) is 0. The molecule has 70 valence electrons. The molecule has 0 spiro atoms. The number of aryl methyl sites for hydroxylation is 1. The summed E-state index contributed by atoms with van der Waals surface area (Å²) in [5, 5.41) is 0.814. The first-order valence-corrected chi connectivity index (χ1v) is 5.68. The molecule has 0 fully saturated rings. The Kier molecular flexibility index (Phi) is 2.82. The summed E-state index contributed by atoms with van der Waals surface area (Å²) in [5.74, 6) is 0.406. The van der Waals surface area contributed by atoms with Crippen LogP contribution in [0, 0.1) is 6.92 Å². The number of sulfone groups is 1. The summed E-state index contributed by atoms with van der Waals surface area (Å²) in [6.45, 7) is 4.83.